The number of esters is 1. The minimum atomic E-state index is -3.81. The average Bonchev–Trinajstić information content (AvgIpc) is 3.15. The highest BCUT2D eigenvalue weighted by molar-refractivity contribution is 7.99. The number of fused-ring (bicyclic) bond motifs is 4. The van der Waals surface area contributed by atoms with Crippen LogP contribution in [0.1, 0.15) is 21.5 Å². The van der Waals surface area contributed by atoms with Gasteiger partial charge in [-0.15, -0.1) is 11.8 Å². The van der Waals surface area contributed by atoms with Gasteiger partial charge < -0.3 is 14.8 Å². The number of nitrogens with one attached hydrogen (secondary N) is 1. The van der Waals surface area contributed by atoms with Crippen LogP contribution in [0.3, 0.4) is 0 Å². The number of benzene rings is 2. The second-order valence-corrected chi connectivity index (χ2v) is 10.9. The fraction of sp³-hybridized carbons (Fsp3) is 0.167. The third kappa shape index (κ3) is 3.41. The van der Waals surface area contributed by atoms with Gasteiger partial charge in [0.1, 0.15) is 5.75 Å². The molecule has 0 atom stereocenters. The minimum Gasteiger partial charge on any atom is -0.506 e. The van der Waals surface area contributed by atoms with Crippen LogP contribution in [-0.2, 0) is 21.2 Å². The average molecular weight is 497 g/mol. The van der Waals surface area contributed by atoms with Crippen molar-refractivity contribution >= 4 is 38.7 Å². The number of carbonyl (C=O) groups excluding carboxylic acids is 1. The van der Waals surface area contributed by atoms with E-state index in [1.54, 1.807) is 42.5 Å². The van der Waals surface area contributed by atoms with Crippen LogP contribution < -0.4 is 5.56 Å². The van der Waals surface area contributed by atoms with Crippen molar-refractivity contribution in [3.05, 3.63) is 75.7 Å². The van der Waals surface area contributed by atoms with Crippen molar-refractivity contribution in [1.82, 2.24) is 8.96 Å². The number of aromatic nitrogens is 2. The van der Waals surface area contributed by atoms with Gasteiger partial charge in [-0.3, -0.25) is 4.79 Å². The molecule has 3 heterocycles. The maximum atomic E-state index is 13.3. The summed E-state index contributed by atoms with van der Waals surface area (Å²) < 4.78 is 32.5. The first-order chi connectivity index (χ1) is 16.2. The van der Waals surface area contributed by atoms with Crippen molar-refractivity contribution in [1.29, 1.82) is 0 Å². The molecule has 2 aromatic carbocycles. The van der Waals surface area contributed by atoms with Crippen molar-refractivity contribution in [2.45, 2.75) is 23.1 Å². The molecule has 0 spiro atoms. The molecule has 1 aliphatic rings. The number of ether oxygens (including phenoxy) is 1. The quantitative estimate of drug-likeness (QED) is 0.415. The van der Waals surface area contributed by atoms with Gasteiger partial charge in [-0.25, -0.2) is 17.2 Å². The zero-order chi connectivity index (χ0) is 24.2. The Bertz CT molecular complexity index is 1630. The maximum absolute atomic E-state index is 13.3. The third-order valence-corrected chi connectivity index (χ3v) is 8.65. The molecule has 4 aromatic rings. The molecule has 10 heteroatoms. The zero-order valence-electron chi connectivity index (χ0n) is 18.3. The van der Waals surface area contributed by atoms with E-state index in [1.807, 2.05) is 6.92 Å². The summed E-state index contributed by atoms with van der Waals surface area (Å²) in [5.74, 6) is -0.747. The highest BCUT2D eigenvalue weighted by Crippen LogP contribution is 2.42. The Morgan fingerprint density at radius 2 is 1.91 bits per heavy atom. The lowest BCUT2D eigenvalue weighted by atomic mass is 9.99. The molecule has 0 bridgehead atoms. The van der Waals surface area contributed by atoms with Crippen molar-refractivity contribution in [2.75, 3.05) is 12.9 Å². The summed E-state index contributed by atoms with van der Waals surface area (Å²) in [7, 11) is -2.67. The van der Waals surface area contributed by atoms with Gasteiger partial charge in [-0.2, -0.15) is 0 Å². The lowest BCUT2D eigenvalue weighted by molar-refractivity contribution is 0.0595. The second kappa shape index (κ2) is 8.07. The Morgan fingerprint density at radius 1 is 1.18 bits per heavy atom. The number of hydrogen-bond donors (Lipinski definition) is 2. The molecule has 0 saturated heterocycles. The number of aromatic amines is 1. The van der Waals surface area contributed by atoms with Gasteiger partial charge in [0.15, 0.2) is 5.56 Å². The van der Waals surface area contributed by atoms with E-state index in [0.29, 0.717) is 39.9 Å². The normalized spacial score (nSPS) is 13.2. The molecule has 34 heavy (non-hydrogen) atoms. The topological polar surface area (TPSA) is 118 Å². The molecular formula is C24H20N2O6S2. The number of pyridine rings is 1. The van der Waals surface area contributed by atoms with Crippen molar-refractivity contribution in [2.24, 2.45) is 0 Å². The van der Waals surface area contributed by atoms with Crippen LogP contribution >= 0.6 is 11.8 Å². The van der Waals surface area contributed by atoms with Gasteiger partial charge in [0, 0.05) is 33.4 Å². The second-order valence-electron chi connectivity index (χ2n) is 7.96. The third-order valence-electron chi connectivity index (χ3n) is 5.89. The van der Waals surface area contributed by atoms with E-state index < -0.39 is 32.9 Å². The number of carbonyl (C=O) groups is 1. The summed E-state index contributed by atoms with van der Waals surface area (Å²) >= 11 is 1.48. The van der Waals surface area contributed by atoms with Crippen molar-refractivity contribution in [3.8, 4) is 17.0 Å². The van der Waals surface area contributed by atoms with E-state index in [1.165, 1.54) is 21.9 Å². The highest BCUT2D eigenvalue weighted by atomic mass is 32.2. The molecule has 0 saturated carbocycles. The molecule has 174 valence electrons. The monoisotopic (exact) mass is 496 g/mol. The first kappa shape index (κ1) is 22.3. The predicted molar refractivity (Wildman–Crippen MR) is 129 cm³/mol. The molecule has 0 radical (unpaired) electrons. The van der Waals surface area contributed by atoms with E-state index in [-0.39, 0.29) is 4.90 Å². The Morgan fingerprint density at radius 3 is 2.62 bits per heavy atom. The van der Waals surface area contributed by atoms with Crippen LogP contribution in [0.5, 0.6) is 5.75 Å². The summed E-state index contributed by atoms with van der Waals surface area (Å²) in [6, 6.07) is 11.9. The first-order valence-electron chi connectivity index (χ1n) is 10.4. The van der Waals surface area contributed by atoms with Gasteiger partial charge in [0.05, 0.1) is 23.2 Å². The first-order valence-corrected chi connectivity index (χ1v) is 12.8. The Kier molecular flexibility index (Phi) is 5.29. The van der Waals surface area contributed by atoms with E-state index >= 15 is 0 Å². The molecule has 1 aliphatic heterocycles. The largest absolute Gasteiger partial charge is 0.506 e. The predicted octanol–water partition coefficient (Wildman–Crippen LogP) is 3.68. The lowest BCUT2D eigenvalue weighted by Gasteiger charge is -2.13. The zero-order valence-corrected chi connectivity index (χ0v) is 19.9. The fourth-order valence-electron chi connectivity index (χ4n) is 4.14. The van der Waals surface area contributed by atoms with Gasteiger partial charge in [0.25, 0.3) is 15.6 Å². The van der Waals surface area contributed by atoms with Gasteiger partial charge >= 0.3 is 5.97 Å². The van der Waals surface area contributed by atoms with E-state index in [9.17, 15) is 23.1 Å². The number of H-pyrrole nitrogens is 1. The Balaban J connectivity index is 1.71. The smallest absolute Gasteiger partial charge is 0.347 e. The summed E-state index contributed by atoms with van der Waals surface area (Å²) in [6.45, 7) is 1.89. The number of methoxy groups -OCH3 is 1. The molecule has 0 amide bonds. The summed E-state index contributed by atoms with van der Waals surface area (Å²) in [4.78, 5) is 28.3. The van der Waals surface area contributed by atoms with Crippen LogP contribution in [-0.4, -0.2) is 41.3 Å². The Labute approximate surface area is 199 Å². The number of thioether (sulfide) groups is 1. The molecule has 8 nitrogen and oxygen atoms in total. The maximum Gasteiger partial charge on any atom is 0.347 e. The number of hydrogen-bond acceptors (Lipinski definition) is 7. The summed E-state index contributed by atoms with van der Waals surface area (Å²) in [5, 5.41) is 11.4. The van der Waals surface area contributed by atoms with Crippen LogP contribution in [0, 0.1) is 6.92 Å². The van der Waals surface area contributed by atoms with E-state index in [2.05, 4.69) is 9.72 Å². The number of aryl methyl sites for hydroxylation is 1. The van der Waals surface area contributed by atoms with E-state index in [4.69, 9.17) is 0 Å². The standard InChI is InChI=1S/C24H20N2O6S2/c1-13-3-5-15(6-4-13)34(30,31)26-9-7-14-11-17-19(12-18(14)26)33-10-8-16-21(17)25-23(28)20(22(16)27)24(29)32-2/h3-7,9,11-12H,8,10H2,1-2H3,(H2,25,27,28). The molecule has 5 rings (SSSR count). The van der Waals surface area contributed by atoms with Crippen LogP contribution in [0.15, 0.2) is 63.2 Å². The van der Waals surface area contributed by atoms with Crippen molar-refractivity contribution in [3.63, 3.8) is 0 Å². The molecule has 0 aliphatic carbocycles. The Hall–Kier alpha value is -3.50. The minimum absolute atomic E-state index is 0.188. The summed E-state index contributed by atoms with van der Waals surface area (Å²) in [5.41, 5.74) is 1.80. The van der Waals surface area contributed by atoms with E-state index in [0.717, 1.165) is 17.6 Å². The molecule has 2 aromatic heterocycles. The van der Waals surface area contributed by atoms with Crippen molar-refractivity contribution < 1.29 is 23.1 Å². The van der Waals surface area contributed by atoms with Gasteiger partial charge in [-0.1, -0.05) is 17.7 Å². The van der Waals surface area contributed by atoms with Crippen LogP contribution in [0.2, 0.25) is 0 Å². The molecule has 0 unspecified atom stereocenters. The fourth-order valence-corrected chi connectivity index (χ4v) is 6.53. The van der Waals surface area contributed by atoms with Gasteiger partial charge in [0.2, 0.25) is 0 Å². The lowest BCUT2D eigenvalue weighted by Crippen LogP contribution is -2.21. The SMILES string of the molecule is COC(=O)c1c(O)c2c([nH]c1=O)-c1cc3ccn(S(=O)(=O)c4ccc(C)cc4)c3cc1SCC2. The number of rotatable bonds is 3. The van der Waals surface area contributed by atoms with Crippen LogP contribution in [0.25, 0.3) is 22.2 Å². The molecular weight excluding hydrogens is 476 g/mol. The summed E-state index contributed by atoms with van der Waals surface area (Å²) in [6.07, 6.45) is 1.90. The number of aromatic hydroxyl groups is 1. The molecule has 0 fully saturated rings. The number of nitrogens with zero attached hydrogens (tertiary/aromatic N) is 1. The van der Waals surface area contributed by atoms with Gasteiger partial charge in [-0.05, 0) is 43.7 Å². The molecule has 2 N–H and O–H groups in total. The van der Waals surface area contributed by atoms with Crippen LogP contribution in [0.4, 0.5) is 0 Å². The highest BCUT2D eigenvalue weighted by Gasteiger charge is 2.27.